The minimum Gasteiger partial charge on any atom is -0.497 e. The summed E-state index contributed by atoms with van der Waals surface area (Å²) < 4.78 is 5.34. The van der Waals surface area contributed by atoms with Crippen LogP contribution in [0.2, 0.25) is 0 Å². The molecule has 4 rings (SSSR count). The molecule has 0 N–H and O–H groups in total. The van der Waals surface area contributed by atoms with Gasteiger partial charge in [0.1, 0.15) is 5.75 Å². The number of methoxy groups -OCH3 is 1. The van der Waals surface area contributed by atoms with E-state index in [1.807, 2.05) is 24.3 Å². The summed E-state index contributed by atoms with van der Waals surface area (Å²) in [5.74, 6) is 1.21. The average Bonchev–Trinajstić information content (AvgIpc) is 3.00. The fourth-order valence-corrected chi connectivity index (χ4v) is 4.48. The summed E-state index contributed by atoms with van der Waals surface area (Å²) in [6, 6.07) is 12.3. The third kappa shape index (κ3) is 3.83. The molecule has 2 aromatic rings. The van der Waals surface area contributed by atoms with Crippen molar-refractivity contribution < 1.29 is 9.53 Å². The molecule has 1 spiro atoms. The molecule has 27 heavy (non-hydrogen) atoms. The van der Waals surface area contributed by atoms with E-state index >= 15 is 0 Å². The second-order valence-corrected chi connectivity index (χ2v) is 7.69. The summed E-state index contributed by atoms with van der Waals surface area (Å²) in [6.07, 6.45) is 7.38. The molecule has 5 heteroatoms. The van der Waals surface area contributed by atoms with Gasteiger partial charge in [0.15, 0.2) is 0 Å². The van der Waals surface area contributed by atoms with Crippen molar-refractivity contribution in [3.8, 4) is 5.75 Å². The van der Waals surface area contributed by atoms with Crippen molar-refractivity contribution in [3.63, 3.8) is 0 Å². The first-order chi connectivity index (χ1) is 13.2. The minimum absolute atomic E-state index is 0.0330. The highest BCUT2D eigenvalue weighted by Gasteiger charge is 2.46. The Kier molecular flexibility index (Phi) is 5.12. The predicted octanol–water partition coefficient (Wildman–Crippen LogP) is 3.25. The van der Waals surface area contributed by atoms with Crippen molar-refractivity contribution >= 4 is 5.91 Å². The summed E-state index contributed by atoms with van der Waals surface area (Å²) in [5, 5.41) is 0. The van der Waals surface area contributed by atoms with Crippen LogP contribution in [-0.2, 0) is 17.9 Å². The monoisotopic (exact) mass is 365 g/mol. The molecule has 3 heterocycles. The van der Waals surface area contributed by atoms with Gasteiger partial charge in [0, 0.05) is 50.5 Å². The van der Waals surface area contributed by atoms with E-state index < -0.39 is 0 Å². The molecule has 0 atom stereocenters. The topological polar surface area (TPSA) is 45.7 Å². The molecule has 0 bridgehead atoms. The fourth-order valence-electron chi connectivity index (χ4n) is 4.48. The van der Waals surface area contributed by atoms with E-state index in [2.05, 4.69) is 26.9 Å². The molecular weight excluding hydrogens is 338 g/mol. The Morgan fingerprint density at radius 1 is 1.04 bits per heavy atom. The van der Waals surface area contributed by atoms with E-state index in [4.69, 9.17) is 4.74 Å². The average molecular weight is 365 g/mol. The Bertz CT molecular complexity index is 785. The van der Waals surface area contributed by atoms with Crippen LogP contribution in [0, 0.1) is 0 Å². The summed E-state index contributed by atoms with van der Waals surface area (Å²) in [4.78, 5) is 21.3. The van der Waals surface area contributed by atoms with Gasteiger partial charge < -0.3 is 9.64 Å². The summed E-state index contributed by atoms with van der Waals surface area (Å²) in [6.45, 7) is 3.69. The molecule has 2 aliphatic rings. The first kappa shape index (κ1) is 18.0. The Hall–Kier alpha value is -2.40. The van der Waals surface area contributed by atoms with Gasteiger partial charge >= 0.3 is 0 Å². The molecule has 1 amide bonds. The lowest BCUT2D eigenvalue weighted by molar-refractivity contribution is -0.133. The first-order valence-corrected chi connectivity index (χ1v) is 9.73. The number of hydrogen-bond acceptors (Lipinski definition) is 4. The van der Waals surface area contributed by atoms with Crippen molar-refractivity contribution in [1.82, 2.24) is 14.8 Å². The van der Waals surface area contributed by atoms with Gasteiger partial charge in [0.05, 0.1) is 7.11 Å². The standard InChI is InChI=1S/C22H27N3O2/c1-27-20-4-2-3-19(15-20)16-24-13-9-22(10-14-24)8-5-21(26)25(22)17-18-6-11-23-12-7-18/h2-4,6-7,11-12,15H,5,8-10,13-14,16-17H2,1H3. The molecule has 2 saturated heterocycles. The predicted molar refractivity (Wildman–Crippen MR) is 104 cm³/mol. The Labute approximate surface area is 161 Å². The quantitative estimate of drug-likeness (QED) is 0.816. The third-order valence-corrected chi connectivity index (χ3v) is 6.10. The SMILES string of the molecule is COc1cccc(CN2CCC3(CCC(=O)N3Cc3ccncc3)CC2)c1. The van der Waals surface area contributed by atoms with Gasteiger partial charge in [0.25, 0.3) is 0 Å². The maximum Gasteiger partial charge on any atom is 0.223 e. The molecule has 0 unspecified atom stereocenters. The van der Waals surface area contributed by atoms with Gasteiger partial charge in [-0.05, 0) is 54.7 Å². The van der Waals surface area contributed by atoms with E-state index in [-0.39, 0.29) is 5.54 Å². The van der Waals surface area contributed by atoms with Crippen molar-refractivity contribution in [3.05, 3.63) is 59.9 Å². The summed E-state index contributed by atoms with van der Waals surface area (Å²) in [5.41, 5.74) is 2.48. The van der Waals surface area contributed by atoms with Crippen molar-refractivity contribution in [1.29, 1.82) is 0 Å². The third-order valence-electron chi connectivity index (χ3n) is 6.10. The van der Waals surface area contributed by atoms with Crippen LogP contribution in [-0.4, -0.2) is 46.4 Å². The molecule has 2 aliphatic heterocycles. The van der Waals surface area contributed by atoms with Crippen molar-refractivity contribution in [2.24, 2.45) is 0 Å². The van der Waals surface area contributed by atoms with Gasteiger partial charge in [-0.25, -0.2) is 0 Å². The number of hydrogen-bond donors (Lipinski definition) is 0. The van der Waals surface area contributed by atoms with Crippen LogP contribution in [0.25, 0.3) is 0 Å². The zero-order valence-electron chi connectivity index (χ0n) is 15.9. The smallest absolute Gasteiger partial charge is 0.223 e. The van der Waals surface area contributed by atoms with Gasteiger partial charge in [-0.15, -0.1) is 0 Å². The van der Waals surface area contributed by atoms with E-state index in [9.17, 15) is 4.79 Å². The molecule has 1 aromatic heterocycles. The number of rotatable bonds is 5. The number of nitrogens with zero attached hydrogens (tertiary/aromatic N) is 3. The van der Waals surface area contributed by atoms with E-state index in [0.29, 0.717) is 18.9 Å². The zero-order chi connectivity index (χ0) is 18.7. The molecule has 2 fully saturated rings. The van der Waals surface area contributed by atoms with Crippen LogP contribution in [0.4, 0.5) is 0 Å². The molecule has 5 nitrogen and oxygen atoms in total. The van der Waals surface area contributed by atoms with Gasteiger partial charge in [-0.1, -0.05) is 12.1 Å². The van der Waals surface area contributed by atoms with Crippen LogP contribution in [0.15, 0.2) is 48.8 Å². The van der Waals surface area contributed by atoms with E-state index in [1.54, 1.807) is 19.5 Å². The van der Waals surface area contributed by atoms with Crippen LogP contribution < -0.4 is 4.74 Å². The van der Waals surface area contributed by atoms with E-state index in [1.165, 1.54) is 11.1 Å². The lowest BCUT2D eigenvalue weighted by Crippen LogP contribution is -2.52. The van der Waals surface area contributed by atoms with Crippen molar-refractivity contribution in [2.75, 3.05) is 20.2 Å². The van der Waals surface area contributed by atoms with Crippen LogP contribution in [0.3, 0.4) is 0 Å². The molecule has 0 radical (unpaired) electrons. The lowest BCUT2D eigenvalue weighted by Gasteiger charge is -2.45. The Morgan fingerprint density at radius 2 is 1.81 bits per heavy atom. The highest BCUT2D eigenvalue weighted by atomic mass is 16.5. The van der Waals surface area contributed by atoms with Gasteiger partial charge in [0.2, 0.25) is 5.91 Å². The number of pyridine rings is 1. The molecule has 0 aliphatic carbocycles. The van der Waals surface area contributed by atoms with E-state index in [0.717, 1.165) is 44.6 Å². The van der Waals surface area contributed by atoms with Crippen molar-refractivity contribution in [2.45, 2.75) is 44.3 Å². The van der Waals surface area contributed by atoms with Crippen LogP contribution >= 0.6 is 0 Å². The zero-order valence-corrected chi connectivity index (χ0v) is 15.9. The number of likely N-dealkylation sites (tertiary alicyclic amines) is 2. The Morgan fingerprint density at radius 3 is 2.56 bits per heavy atom. The fraction of sp³-hybridized carbons (Fsp3) is 0.455. The number of carbonyl (C=O) groups excluding carboxylic acids is 1. The highest BCUT2D eigenvalue weighted by molar-refractivity contribution is 5.79. The van der Waals surface area contributed by atoms with Crippen LogP contribution in [0.1, 0.15) is 36.8 Å². The number of carbonyl (C=O) groups is 1. The molecule has 0 saturated carbocycles. The molecule has 1 aromatic carbocycles. The van der Waals surface area contributed by atoms with Crippen LogP contribution in [0.5, 0.6) is 5.75 Å². The number of piperidine rings is 1. The molecule has 142 valence electrons. The minimum atomic E-state index is 0.0330. The Balaban J connectivity index is 1.41. The largest absolute Gasteiger partial charge is 0.497 e. The number of aromatic nitrogens is 1. The lowest BCUT2D eigenvalue weighted by atomic mass is 9.84. The number of amides is 1. The summed E-state index contributed by atoms with van der Waals surface area (Å²) >= 11 is 0. The second-order valence-electron chi connectivity index (χ2n) is 7.69. The molecular formula is C22H27N3O2. The normalized spacial score (nSPS) is 19.6. The highest BCUT2D eigenvalue weighted by Crippen LogP contribution is 2.40. The van der Waals surface area contributed by atoms with Gasteiger partial charge in [-0.3, -0.25) is 14.7 Å². The number of ether oxygens (including phenoxy) is 1. The maximum atomic E-state index is 12.6. The summed E-state index contributed by atoms with van der Waals surface area (Å²) in [7, 11) is 1.71. The van der Waals surface area contributed by atoms with Gasteiger partial charge in [-0.2, -0.15) is 0 Å². The number of benzene rings is 1. The second kappa shape index (κ2) is 7.69. The first-order valence-electron chi connectivity index (χ1n) is 9.73. The maximum absolute atomic E-state index is 12.6.